The topological polar surface area (TPSA) is 65.0 Å². The second-order valence-corrected chi connectivity index (χ2v) is 5.01. The minimum Gasteiger partial charge on any atom is -0.453 e. The van der Waals surface area contributed by atoms with Gasteiger partial charge in [-0.15, -0.1) is 0 Å². The van der Waals surface area contributed by atoms with E-state index >= 15 is 0 Å². The highest BCUT2D eigenvalue weighted by Gasteiger charge is 2.29. The van der Waals surface area contributed by atoms with Gasteiger partial charge in [0.25, 0.3) is 10.0 Å². The molecule has 1 atom stereocenters. The molecule has 0 N–H and O–H groups in total. The van der Waals surface area contributed by atoms with Gasteiger partial charge in [0.1, 0.15) is 11.9 Å². The Morgan fingerprint density at radius 3 is 2.69 bits per heavy atom. The summed E-state index contributed by atoms with van der Waals surface area (Å²) in [6.45, 7) is 0. The summed E-state index contributed by atoms with van der Waals surface area (Å²) in [4.78, 5) is 0. The molecule has 0 aromatic heterocycles. The second kappa shape index (κ2) is 4.13. The van der Waals surface area contributed by atoms with Gasteiger partial charge in [-0.2, -0.15) is 0 Å². The Morgan fingerprint density at radius 1 is 1.38 bits per heavy atom. The van der Waals surface area contributed by atoms with Gasteiger partial charge in [-0.3, -0.25) is 0 Å². The van der Waals surface area contributed by atoms with Crippen LogP contribution in [-0.2, 0) is 19.5 Å². The monoisotopic (exact) mass is 241 g/mol. The van der Waals surface area contributed by atoms with Gasteiger partial charge >= 0.3 is 6.08 Å². The Hall–Kier alpha value is -1.56. The zero-order valence-corrected chi connectivity index (χ0v) is 9.48. The summed E-state index contributed by atoms with van der Waals surface area (Å²) in [5, 5.41) is 0. The fourth-order valence-electron chi connectivity index (χ4n) is 1.44. The molecule has 5 nitrogen and oxygen atoms in total. The Labute approximate surface area is 93.8 Å². The first kappa shape index (κ1) is 10.9. The van der Waals surface area contributed by atoms with E-state index in [9.17, 15) is 8.42 Å². The third kappa shape index (κ3) is 2.33. The molecule has 0 amide bonds. The van der Waals surface area contributed by atoms with E-state index in [0.717, 1.165) is 5.56 Å². The van der Waals surface area contributed by atoms with Crippen LogP contribution in [0.1, 0.15) is 11.7 Å². The molecule has 1 heterocycles. The average Bonchev–Trinajstić information content (AvgIpc) is 2.28. The van der Waals surface area contributed by atoms with Crippen molar-refractivity contribution in [2.24, 2.45) is 4.40 Å². The first-order valence-electron chi connectivity index (χ1n) is 4.69. The van der Waals surface area contributed by atoms with Crippen LogP contribution >= 0.6 is 0 Å². The lowest BCUT2D eigenvalue weighted by Crippen LogP contribution is -2.26. The molecule has 86 valence electrons. The molecule has 6 heteroatoms. The predicted molar refractivity (Wildman–Crippen MR) is 58.5 cm³/mol. The zero-order valence-electron chi connectivity index (χ0n) is 8.66. The summed E-state index contributed by atoms with van der Waals surface area (Å²) in [6.07, 6.45) is -0.765. The fraction of sp³-hybridized carbons (Fsp3) is 0.300. The maximum absolute atomic E-state index is 11.5. The van der Waals surface area contributed by atoms with Crippen LogP contribution in [0.2, 0.25) is 0 Å². The molecule has 0 aliphatic carbocycles. The molecule has 0 saturated heterocycles. The Bertz CT molecular complexity index is 495. The Morgan fingerprint density at radius 2 is 2.06 bits per heavy atom. The number of methoxy groups -OCH3 is 1. The number of hydrogen-bond donors (Lipinski definition) is 0. The van der Waals surface area contributed by atoms with E-state index < -0.39 is 16.1 Å². The number of rotatable bonds is 1. The maximum Gasteiger partial charge on any atom is 0.399 e. The second-order valence-electron chi connectivity index (χ2n) is 3.33. The molecule has 1 aromatic carbocycles. The van der Waals surface area contributed by atoms with Crippen molar-refractivity contribution in [1.29, 1.82) is 0 Å². The lowest BCUT2D eigenvalue weighted by atomic mass is 10.1. The van der Waals surface area contributed by atoms with Crippen molar-refractivity contribution < 1.29 is 17.9 Å². The number of sulfonamides is 1. The largest absolute Gasteiger partial charge is 0.453 e. The molecule has 1 unspecified atom stereocenters. The van der Waals surface area contributed by atoms with Crippen molar-refractivity contribution in [1.82, 2.24) is 0 Å². The Balaban J connectivity index is 2.31. The van der Waals surface area contributed by atoms with Crippen molar-refractivity contribution in [2.75, 3.05) is 12.9 Å². The summed E-state index contributed by atoms with van der Waals surface area (Å²) in [5.74, 6) is -0.163. The highest BCUT2D eigenvalue weighted by atomic mass is 32.2. The molecule has 2 rings (SSSR count). The van der Waals surface area contributed by atoms with E-state index in [0.29, 0.717) is 0 Å². The zero-order chi connectivity index (χ0) is 11.6. The molecule has 16 heavy (non-hydrogen) atoms. The van der Waals surface area contributed by atoms with E-state index in [1.807, 2.05) is 18.2 Å². The number of hydrogen-bond acceptors (Lipinski definition) is 4. The van der Waals surface area contributed by atoms with E-state index in [1.165, 1.54) is 7.11 Å². The summed E-state index contributed by atoms with van der Waals surface area (Å²) < 4.78 is 36.3. The van der Waals surface area contributed by atoms with Crippen LogP contribution in [0.4, 0.5) is 0 Å². The van der Waals surface area contributed by atoms with Gasteiger partial charge in [-0.05, 0) is 5.56 Å². The van der Waals surface area contributed by atoms with E-state index in [1.54, 1.807) is 12.1 Å². The molecule has 1 aliphatic rings. The summed E-state index contributed by atoms with van der Waals surface area (Å²) in [5.41, 5.74) is 0.788. The Kier molecular flexibility index (Phi) is 2.82. The summed E-state index contributed by atoms with van der Waals surface area (Å²) >= 11 is 0. The maximum atomic E-state index is 11.5. The molecule has 0 radical (unpaired) electrons. The van der Waals surface area contributed by atoms with Gasteiger partial charge in [0.15, 0.2) is 0 Å². The van der Waals surface area contributed by atoms with Crippen LogP contribution in [0, 0.1) is 0 Å². The van der Waals surface area contributed by atoms with Crippen molar-refractivity contribution in [2.45, 2.75) is 6.10 Å². The highest BCUT2D eigenvalue weighted by Crippen LogP contribution is 2.24. The number of nitrogens with zero attached hydrogens (tertiary/aromatic N) is 1. The molecule has 0 spiro atoms. The van der Waals surface area contributed by atoms with Gasteiger partial charge in [-0.1, -0.05) is 34.7 Å². The lowest BCUT2D eigenvalue weighted by Gasteiger charge is -2.21. The van der Waals surface area contributed by atoms with Crippen LogP contribution < -0.4 is 0 Å². The average molecular weight is 241 g/mol. The third-order valence-electron chi connectivity index (χ3n) is 2.16. The molecule has 0 bridgehead atoms. The molecular formula is C10H11NO4S. The van der Waals surface area contributed by atoms with E-state index in [2.05, 4.69) is 4.40 Å². The standard InChI is InChI=1S/C10H11NO4S/c1-14-10-11-16(12,13)7-9(15-10)8-5-3-2-4-6-8/h2-6,9H,7H2,1H3. The molecule has 0 saturated carbocycles. The summed E-state index contributed by atoms with van der Waals surface area (Å²) in [7, 11) is -2.18. The van der Waals surface area contributed by atoms with Gasteiger partial charge in [0, 0.05) is 0 Å². The number of ether oxygens (including phenoxy) is 2. The van der Waals surface area contributed by atoms with Crippen LogP contribution in [0.3, 0.4) is 0 Å². The first-order valence-corrected chi connectivity index (χ1v) is 6.30. The van der Waals surface area contributed by atoms with Crippen LogP contribution in [0.15, 0.2) is 34.7 Å². The van der Waals surface area contributed by atoms with Crippen molar-refractivity contribution in [3.63, 3.8) is 0 Å². The van der Waals surface area contributed by atoms with E-state index in [4.69, 9.17) is 9.47 Å². The van der Waals surface area contributed by atoms with Gasteiger partial charge < -0.3 is 9.47 Å². The molecule has 1 aliphatic heterocycles. The summed E-state index contributed by atoms with van der Waals surface area (Å²) in [6, 6.07) is 9.11. The van der Waals surface area contributed by atoms with Crippen LogP contribution in [0.25, 0.3) is 0 Å². The van der Waals surface area contributed by atoms with Crippen LogP contribution in [0.5, 0.6) is 0 Å². The SMILES string of the molecule is COC1=NS(=O)(=O)CC(c2ccccc2)O1. The van der Waals surface area contributed by atoms with Crippen molar-refractivity contribution in [3.05, 3.63) is 35.9 Å². The predicted octanol–water partition coefficient (Wildman–Crippen LogP) is 1.09. The number of benzene rings is 1. The van der Waals surface area contributed by atoms with Crippen molar-refractivity contribution >= 4 is 16.1 Å². The molecular weight excluding hydrogens is 230 g/mol. The van der Waals surface area contributed by atoms with Gasteiger partial charge in [-0.25, -0.2) is 8.42 Å². The molecule has 1 aromatic rings. The third-order valence-corrected chi connectivity index (χ3v) is 3.32. The quantitative estimate of drug-likeness (QED) is 0.738. The highest BCUT2D eigenvalue weighted by molar-refractivity contribution is 7.90. The van der Waals surface area contributed by atoms with Crippen molar-refractivity contribution in [3.8, 4) is 0 Å². The minimum absolute atomic E-state index is 0.163. The first-order chi connectivity index (χ1) is 7.61. The van der Waals surface area contributed by atoms with Gasteiger partial charge in [0.05, 0.1) is 7.11 Å². The minimum atomic E-state index is -3.50. The lowest BCUT2D eigenvalue weighted by molar-refractivity contribution is 0.137. The van der Waals surface area contributed by atoms with E-state index in [-0.39, 0.29) is 11.8 Å². The smallest absolute Gasteiger partial charge is 0.399 e. The normalized spacial score (nSPS) is 23.1. The fourth-order valence-corrected chi connectivity index (χ4v) is 2.50. The van der Waals surface area contributed by atoms with Gasteiger partial charge in [0.2, 0.25) is 0 Å². The molecule has 0 fully saturated rings. The van der Waals surface area contributed by atoms with Crippen LogP contribution in [-0.4, -0.2) is 27.4 Å².